The lowest BCUT2D eigenvalue weighted by Crippen LogP contribution is -2.23. The topological polar surface area (TPSA) is 51.2 Å². The minimum atomic E-state index is -1.64. The Balaban J connectivity index is 1.41. The van der Waals surface area contributed by atoms with Crippen LogP contribution in [0.3, 0.4) is 0 Å². The number of benzene rings is 5. The predicted molar refractivity (Wildman–Crippen MR) is 257 cm³/mol. The zero-order valence-corrected chi connectivity index (χ0v) is 38.8. The van der Waals surface area contributed by atoms with Crippen molar-refractivity contribution in [2.45, 2.75) is 71.8 Å². The van der Waals surface area contributed by atoms with Gasteiger partial charge in [-0.15, -0.1) is 0 Å². The SMILES string of the molecule is CCCOc1ccc(C(=CC2(C=C(c3ccc(N4CCCC4)cc3)c3ccc(OCCC)c(C)c3)OC(=O)c3c(Cl)c(Cl)c(Cl)c(Cl)c32)c2ccc(N3CCCC3)cc2)cc1C. The Labute approximate surface area is 386 Å². The van der Waals surface area contributed by atoms with Crippen LogP contribution in [0.2, 0.25) is 20.1 Å². The number of nitrogens with zero attached hydrogens (tertiary/aromatic N) is 2. The van der Waals surface area contributed by atoms with Crippen molar-refractivity contribution in [3.05, 3.63) is 162 Å². The molecule has 62 heavy (non-hydrogen) atoms. The molecule has 2 saturated heterocycles. The number of aryl methyl sites for hydroxylation is 2. The van der Waals surface area contributed by atoms with Gasteiger partial charge in [0.2, 0.25) is 0 Å². The van der Waals surface area contributed by atoms with Crippen molar-refractivity contribution in [3.63, 3.8) is 0 Å². The molecule has 10 heteroatoms. The van der Waals surface area contributed by atoms with Crippen LogP contribution in [0, 0.1) is 13.8 Å². The van der Waals surface area contributed by atoms with Crippen molar-refractivity contribution >= 4 is 74.9 Å². The molecule has 3 heterocycles. The van der Waals surface area contributed by atoms with Gasteiger partial charge in [-0.3, -0.25) is 0 Å². The van der Waals surface area contributed by atoms with Gasteiger partial charge in [0, 0.05) is 43.1 Å². The number of cyclic esters (lactones) is 1. The van der Waals surface area contributed by atoms with E-state index in [1.54, 1.807) is 0 Å². The first-order valence-electron chi connectivity index (χ1n) is 21.8. The Bertz CT molecular complexity index is 2390. The number of halogens is 4. The molecule has 0 radical (unpaired) electrons. The van der Waals surface area contributed by atoms with Crippen molar-refractivity contribution in [3.8, 4) is 11.5 Å². The number of fused-ring (bicyclic) bond motifs is 1. The van der Waals surface area contributed by atoms with Crippen molar-refractivity contribution in [1.29, 1.82) is 0 Å². The first-order chi connectivity index (χ1) is 30.0. The fourth-order valence-electron chi connectivity index (χ4n) is 8.82. The number of ether oxygens (including phenoxy) is 3. The summed E-state index contributed by atoms with van der Waals surface area (Å²) in [6, 6.07) is 29.5. The van der Waals surface area contributed by atoms with Crippen molar-refractivity contribution < 1.29 is 19.0 Å². The van der Waals surface area contributed by atoms with Gasteiger partial charge in [-0.05, 0) is 158 Å². The van der Waals surface area contributed by atoms with E-state index in [0.717, 1.165) is 106 Å². The van der Waals surface area contributed by atoms with Gasteiger partial charge in [-0.25, -0.2) is 4.79 Å². The number of hydrogen-bond acceptors (Lipinski definition) is 6. The fraction of sp³-hybridized carbons (Fsp3) is 0.327. The molecule has 0 atom stereocenters. The Morgan fingerprint density at radius 2 is 1.00 bits per heavy atom. The third-order valence-corrected chi connectivity index (χ3v) is 13.8. The van der Waals surface area contributed by atoms with E-state index < -0.39 is 11.6 Å². The summed E-state index contributed by atoms with van der Waals surface area (Å²) in [5.41, 5.74) is 8.26. The molecule has 2 fully saturated rings. The molecule has 6 nitrogen and oxygen atoms in total. The maximum absolute atomic E-state index is 14.4. The summed E-state index contributed by atoms with van der Waals surface area (Å²) in [6.07, 6.45) is 10.4. The molecule has 0 bridgehead atoms. The second-order valence-corrected chi connectivity index (χ2v) is 18.0. The summed E-state index contributed by atoms with van der Waals surface area (Å²) in [5.74, 6) is 0.956. The summed E-state index contributed by atoms with van der Waals surface area (Å²) in [7, 11) is 0. The first kappa shape index (κ1) is 44.0. The second kappa shape index (κ2) is 19.0. The molecule has 0 spiro atoms. The quantitative estimate of drug-likeness (QED) is 0.0629. The number of rotatable bonds is 14. The monoisotopic (exact) mass is 908 g/mol. The standard InChI is InChI=1S/C52H52Cl4N2O4/c1-5-27-60-43-21-15-37(29-33(43)3)41(35-11-17-39(18-12-35)57-23-7-8-24-57)31-52(46-45(51(59)62-52)47(53)49(55)50(56)48(46)54)32-42(38-16-22-44(34(4)30-38)61-28-6-2)36-13-19-40(20-14-36)58-25-9-10-26-58/h11-22,29-32H,5-10,23-28H2,1-4H3. The molecule has 322 valence electrons. The van der Waals surface area contributed by atoms with Crippen LogP contribution in [0.15, 0.2) is 97.1 Å². The van der Waals surface area contributed by atoms with E-state index in [0.29, 0.717) is 18.8 Å². The van der Waals surface area contributed by atoms with Gasteiger partial charge in [-0.2, -0.15) is 0 Å². The third-order valence-electron chi connectivity index (χ3n) is 12.0. The number of hydrogen-bond donors (Lipinski definition) is 0. The minimum Gasteiger partial charge on any atom is -0.493 e. The van der Waals surface area contributed by atoms with Crippen LogP contribution >= 0.6 is 46.4 Å². The average Bonchev–Trinajstić information content (AvgIpc) is 4.08. The zero-order valence-electron chi connectivity index (χ0n) is 35.8. The summed E-state index contributed by atoms with van der Waals surface area (Å²) >= 11 is 27.8. The smallest absolute Gasteiger partial charge is 0.341 e. The van der Waals surface area contributed by atoms with E-state index in [1.165, 1.54) is 25.7 Å². The first-order valence-corrected chi connectivity index (χ1v) is 23.3. The normalized spacial score (nSPS) is 17.8. The molecule has 0 aromatic heterocycles. The van der Waals surface area contributed by atoms with Crippen LogP contribution in [-0.4, -0.2) is 45.4 Å². The number of esters is 1. The molecular weight excluding hydrogens is 858 g/mol. The van der Waals surface area contributed by atoms with Crippen molar-refractivity contribution in [2.75, 3.05) is 49.2 Å². The van der Waals surface area contributed by atoms with Crippen LogP contribution in [0.4, 0.5) is 11.4 Å². The fourth-order valence-corrected chi connectivity index (χ4v) is 9.90. The van der Waals surface area contributed by atoms with Crippen molar-refractivity contribution in [2.24, 2.45) is 0 Å². The van der Waals surface area contributed by atoms with Gasteiger partial charge in [0.15, 0.2) is 5.60 Å². The molecule has 5 aromatic rings. The Kier molecular flexibility index (Phi) is 13.5. The van der Waals surface area contributed by atoms with Gasteiger partial charge in [0.05, 0.1) is 38.9 Å². The summed E-state index contributed by atoms with van der Waals surface area (Å²) < 4.78 is 19.0. The molecule has 0 aliphatic carbocycles. The maximum Gasteiger partial charge on any atom is 0.341 e. The maximum atomic E-state index is 14.4. The Morgan fingerprint density at radius 1 is 0.597 bits per heavy atom. The third kappa shape index (κ3) is 8.82. The zero-order chi connectivity index (χ0) is 43.5. The van der Waals surface area contributed by atoms with E-state index in [1.807, 2.05) is 50.3 Å². The molecule has 8 rings (SSSR count). The lowest BCUT2D eigenvalue weighted by atomic mass is 9.82. The highest BCUT2D eigenvalue weighted by atomic mass is 35.5. The van der Waals surface area contributed by atoms with Crippen LogP contribution < -0.4 is 19.3 Å². The molecule has 0 N–H and O–H groups in total. The molecule has 0 saturated carbocycles. The van der Waals surface area contributed by atoms with Gasteiger partial charge in [0.25, 0.3) is 0 Å². The summed E-state index contributed by atoms with van der Waals surface area (Å²) in [6.45, 7) is 13.6. The lowest BCUT2D eigenvalue weighted by molar-refractivity contribution is 0.0300. The van der Waals surface area contributed by atoms with E-state index in [-0.39, 0.29) is 25.7 Å². The van der Waals surface area contributed by atoms with E-state index in [9.17, 15) is 4.79 Å². The minimum absolute atomic E-state index is 0.00942. The Morgan fingerprint density at radius 3 is 1.40 bits per heavy atom. The average molecular weight is 911 g/mol. The molecule has 3 aliphatic rings. The highest BCUT2D eigenvalue weighted by Gasteiger charge is 2.48. The molecule has 0 amide bonds. The molecular formula is C52H52Cl4N2O4. The molecule has 0 unspecified atom stereocenters. The number of anilines is 2. The largest absolute Gasteiger partial charge is 0.493 e. The highest BCUT2D eigenvalue weighted by molar-refractivity contribution is 6.53. The van der Waals surface area contributed by atoms with Crippen LogP contribution in [-0.2, 0) is 10.3 Å². The Hall–Kier alpha value is -4.59. The number of carbonyl (C=O) groups is 1. The molecule has 5 aromatic carbocycles. The van der Waals surface area contributed by atoms with Crippen molar-refractivity contribution in [1.82, 2.24) is 0 Å². The predicted octanol–water partition coefficient (Wildman–Crippen LogP) is 14.3. The van der Waals surface area contributed by atoms with Gasteiger partial charge < -0.3 is 24.0 Å². The van der Waals surface area contributed by atoms with Crippen LogP contribution in [0.5, 0.6) is 11.5 Å². The number of carbonyl (C=O) groups excluding carboxylic acids is 1. The van der Waals surface area contributed by atoms with Gasteiger partial charge in [0.1, 0.15) is 11.5 Å². The second-order valence-electron chi connectivity index (χ2n) is 16.4. The van der Waals surface area contributed by atoms with Gasteiger partial charge in [-0.1, -0.05) is 96.6 Å². The van der Waals surface area contributed by atoms with E-state index in [2.05, 4.69) is 84.3 Å². The highest BCUT2D eigenvalue weighted by Crippen LogP contribution is 2.54. The summed E-state index contributed by atoms with van der Waals surface area (Å²) in [5, 5.41) is 0.0983. The molecule has 3 aliphatic heterocycles. The van der Waals surface area contributed by atoms with Crippen LogP contribution in [0.25, 0.3) is 11.1 Å². The summed E-state index contributed by atoms with van der Waals surface area (Å²) in [4.78, 5) is 19.3. The van der Waals surface area contributed by atoms with Gasteiger partial charge >= 0.3 is 5.97 Å². The van der Waals surface area contributed by atoms with E-state index >= 15 is 0 Å². The van der Waals surface area contributed by atoms with Crippen LogP contribution in [0.1, 0.15) is 102 Å². The van der Waals surface area contributed by atoms with E-state index in [4.69, 9.17) is 60.6 Å². The lowest BCUT2D eigenvalue weighted by Gasteiger charge is -2.28.